The summed E-state index contributed by atoms with van der Waals surface area (Å²) in [5.74, 6) is 1.28. The second-order valence-corrected chi connectivity index (χ2v) is 6.13. The molecule has 1 saturated heterocycles. The number of H-pyrrole nitrogens is 1. The van der Waals surface area contributed by atoms with Gasteiger partial charge in [0.05, 0.1) is 17.4 Å². The van der Waals surface area contributed by atoms with Gasteiger partial charge in [0.15, 0.2) is 0 Å². The molecule has 21 heavy (non-hydrogen) atoms. The average molecular weight is 286 g/mol. The smallest absolute Gasteiger partial charge is 0.258 e. The number of fused-ring (bicyclic) bond motifs is 1. The fourth-order valence-electron chi connectivity index (χ4n) is 3.07. The molecule has 0 spiro atoms. The Morgan fingerprint density at radius 1 is 1.52 bits per heavy atom. The molecule has 2 aromatic rings. The number of benzene rings is 1. The van der Waals surface area contributed by atoms with Crippen LogP contribution in [0.1, 0.15) is 24.7 Å². The van der Waals surface area contributed by atoms with E-state index in [1.165, 1.54) is 0 Å². The minimum atomic E-state index is -0.0540. The first-order chi connectivity index (χ1) is 10.0. The zero-order chi connectivity index (χ0) is 15.0. The number of para-hydroxylation sites is 1. The fourth-order valence-corrected chi connectivity index (χ4v) is 3.07. The zero-order valence-corrected chi connectivity index (χ0v) is 12.6. The first-order valence-electron chi connectivity index (χ1n) is 7.51. The number of nitrogens with two attached hydrogens (primary N) is 1. The van der Waals surface area contributed by atoms with E-state index in [9.17, 15) is 4.79 Å². The van der Waals surface area contributed by atoms with E-state index >= 15 is 0 Å². The summed E-state index contributed by atoms with van der Waals surface area (Å²) in [5.41, 5.74) is 7.76. The van der Waals surface area contributed by atoms with Crippen molar-refractivity contribution in [2.24, 2.45) is 11.7 Å². The van der Waals surface area contributed by atoms with Crippen LogP contribution in [0.2, 0.25) is 0 Å². The number of aryl methyl sites for hydroxylation is 1. The molecule has 1 fully saturated rings. The molecule has 5 nitrogen and oxygen atoms in total. The van der Waals surface area contributed by atoms with Crippen LogP contribution < -0.4 is 11.3 Å². The average Bonchev–Trinajstić information content (AvgIpc) is 2.89. The topological polar surface area (TPSA) is 75.0 Å². The van der Waals surface area contributed by atoms with Gasteiger partial charge in [-0.2, -0.15) is 0 Å². The molecule has 0 bridgehead atoms. The molecule has 3 N–H and O–H groups in total. The molecule has 0 saturated carbocycles. The van der Waals surface area contributed by atoms with Crippen LogP contribution in [-0.4, -0.2) is 34.0 Å². The van der Waals surface area contributed by atoms with Gasteiger partial charge in [0.1, 0.15) is 5.82 Å². The van der Waals surface area contributed by atoms with E-state index in [1.807, 2.05) is 25.1 Å². The van der Waals surface area contributed by atoms with E-state index in [0.717, 1.165) is 36.4 Å². The second-order valence-electron chi connectivity index (χ2n) is 6.13. The minimum Gasteiger partial charge on any atom is -0.328 e. The third-order valence-corrected chi connectivity index (χ3v) is 4.41. The number of likely N-dealkylation sites (tertiary alicyclic amines) is 1. The highest BCUT2D eigenvalue weighted by atomic mass is 16.1. The van der Waals surface area contributed by atoms with E-state index in [4.69, 9.17) is 5.73 Å². The minimum absolute atomic E-state index is 0.0540. The van der Waals surface area contributed by atoms with Gasteiger partial charge in [-0.15, -0.1) is 0 Å². The molecule has 1 aliphatic heterocycles. The Labute approximate surface area is 124 Å². The van der Waals surface area contributed by atoms with Gasteiger partial charge in [0.25, 0.3) is 5.56 Å². The first kappa shape index (κ1) is 14.2. The lowest BCUT2D eigenvalue weighted by Crippen LogP contribution is -2.30. The molecule has 5 heteroatoms. The predicted octanol–water partition coefficient (Wildman–Crippen LogP) is 1.40. The number of aromatic amines is 1. The number of nitrogens with one attached hydrogen (secondary N) is 1. The maximum atomic E-state index is 12.2. The molecule has 0 aliphatic carbocycles. The molecule has 0 radical (unpaired) electrons. The van der Waals surface area contributed by atoms with Crippen molar-refractivity contribution in [2.45, 2.75) is 32.9 Å². The highest BCUT2D eigenvalue weighted by Gasteiger charge is 2.25. The van der Waals surface area contributed by atoms with Gasteiger partial charge in [-0.25, -0.2) is 4.98 Å². The van der Waals surface area contributed by atoms with E-state index in [2.05, 4.69) is 21.8 Å². The van der Waals surface area contributed by atoms with Crippen LogP contribution in [0.4, 0.5) is 0 Å². The van der Waals surface area contributed by atoms with Crippen LogP contribution in [0, 0.1) is 12.8 Å². The molecule has 1 aromatic heterocycles. The monoisotopic (exact) mass is 286 g/mol. The van der Waals surface area contributed by atoms with Crippen LogP contribution >= 0.6 is 0 Å². The highest BCUT2D eigenvalue weighted by molar-refractivity contribution is 5.80. The largest absolute Gasteiger partial charge is 0.328 e. The molecular weight excluding hydrogens is 264 g/mol. The summed E-state index contributed by atoms with van der Waals surface area (Å²) in [6.45, 7) is 6.73. The van der Waals surface area contributed by atoms with Crippen molar-refractivity contribution in [1.29, 1.82) is 0 Å². The number of hydrogen-bond acceptors (Lipinski definition) is 4. The van der Waals surface area contributed by atoms with Crippen LogP contribution in [0.3, 0.4) is 0 Å². The number of hydrogen-bond donors (Lipinski definition) is 2. The first-order valence-corrected chi connectivity index (χ1v) is 7.51. The summed E-state index contributed by atoms with van der Waals surface area (Å²) in [5, 5.41) is 0.661. The summed E-state index contributed by atoms with van der Waals surface area (Å²) >= 11 is 0. The normalized spacial score (nSPS) is 21.0. The number of aromatic nitrogens is 2. The third kappa shape index (κ3) is 2.84. The van der Waals surface area contributed by atoms with Crippen LogP contribution in [0.5, 0.6) is 0 Å². The van der Waals surface area contributed by atoms with Crippen molar-refractivity contribution in [1.82, 2.24) is 14.9 Å². The van der Waals surface area contributed by atoms with Gasteiger partial charge < -0.3 is 10.7 Å². The zero-order valence-electron chi connectivity index (χ0n) is 12.6. The molecule has 1 aromatic carbocycles. The van der Waals surface area contributed by atoms with Gasteiger partial charge in [0, 0.05) is 12.6 Å². The van der Waals surface area contributed by atoms with Gasteiger partial charge in [-0.1, -0.05) is 12.1 Å². The Balaban J connectivity index is 1.85. The Morgan fingerprint density at radius 2 is 2.33 bits per heavy atom. The molecule has 2 atom stereocenters. The van der Waals surface area contributed by atoms with Crippen LogP contribution in [-0.2, 0) is 6.54 Å². The van der Waals surface area contributed by atoms with Crippen molar-refractivity contribution in [3.05, 3.63) is 39.9 Å². The Bertz CT molecular complexity index is 707. The summed E-state index contributed by atoms with van der Waals surface area (Å²) < 4.78 is 0. The lowest BCUT2D eigenvalue weighted by Gasteiger charge is -2.17. The maximum Gasteiger partial charge on any atom is 0.258 e. The van der Waals surface area contributed by atoms with E-state index in [0.29, 0.717) is 17.8 Å². The van der Waals surface area contributed by atoms with Crippen molar-refractivity contribution in [3.8, 4) is 0 Å². The van der Waals surface area contributed by atoms with Crippen molar-refractivity contribution >= 4 is 10.9 Å². The van der Waals surface area contributed by atoms with E-state index in [-0.39, 0.29) is 11.6 Å². The quantitative estimate of drug-likeness (QED) is 0.894. The predicted molar refractivity (Wildman–Crippen MR) is 84.1 cm³/mol. The highest BCUT2D eigenvalue weighted by Crippen LogP contribution is 2.20. The van der Waals surface area contributed by atoms with Crippen molar-refractivity contribution in [3.63, 3.8) is 0 Å². The standard InChI is InChI=1S/C16H22N4O/c1-10-4-3-5-13-15(10)18-14(19-16(13)21)9-20-7-6-12(8-20)11(2)17/h3-5,11-12H,6-9,17H2,1-2H3,(H,18,19,21). The number of nitrogens with zero attached hydrogens (tertiary/aromatic N) is 2. The SMILES string of the molecule is Cc1cccc2c(=O)[nH]c(CN3CCC(C(C)N)C3)nc12. The molecule has 0 amide bonds. The Hall–Kier alpha value is -1.72. The molecule has 112 valence electrons. The van der Waals surface area contributed by atoms with Gasteiger partial charge in [-0.05, 0) is 44.4 Å². The number of rotatable bonds is 3. The summed E-state index contributed by atoms with van der Waals surface area (Å²) in [4.78, 5) is 22.0. The summed E-state index contributed by atoms with van der Waals surface area (Å²) in [6, 6.07) is 5.92. The van der Waals surface area contributed by atoms with Gasteiger partial charge >= 0.3 is 0 Å². The van der Waals surface area contributed by atoms with Gasteiger partial charge in [0.2, 0.25) is 0 Å². The van der Waals surface area contributed by atoms with E-state index in [1.54, 1.807) is 0 Å². The molecular formula is C16H22N4O. The second kappa shape index (κ2) is 5.58. The molecule has 2 unspecified atom stereocenters. The van der Waals surface area contributed by atoms with Gasteiger partial charge in [-0.3, -0.25) is 9.69 Å². The maximum absolute atomic E-state index is 12.2. The lowest BCUT2D eigenvalue weighted by atomic mass is 10.0. The third-order valence-electron chi connectivity index (χ3n) is 4.41. The summed E-state index contributed by atoms with van der Waals surface area (Å²) in [7, 11) is 0. The lowest BCUT2D eigenvalue weighted by molar-refractivity contribution is 0.301. The Morgan fingerprint density at radius 3 is 3.05 bits per heavy atom. The molecule has 1 aliphatic rings. The Kier molecular flexibility index (Phi) is 3.78. The van der Waals surface area contributed by atoms with E-state index < -0.39 is 0 Å². The van der Waals surface area contributed by atoms with Crippen molar-refractivity contribution in [2.75, 3.05) is 13.1 Å². The summed E-state index contributed by atoms with van der Waals surface area (Å²) in [6.07, 6.45) is 1.12. The fraction of sp³-hybridized carbons (Fsp3) is 0.500. The van der Waals surface area contributed by atoms with Crippen molar-refractivity contribution < 1.29 is 0 Å². The van der Waals surface area contributed by atoms with Crippen LogP contribution in [0.15, 0.2) is 23.0 Å². The molecule has 2 heterocycles. The van der Waals surface area contributed by atoms with Crippen LogP contribution in [0.25, 0.3) is 10.9 Å². The molecule has 3 rings (SSSR count).